The summed E-state index contributed by atoms with van der Waals surface area (Å²) in [5.74, 6) is 1.72. The highest BCUT2D eigenvalue weighted by atomic mass is 16.7. The molecule has 0 saturated carbocycles. The fraction of sp³-hybridized carbons (Fsp3) is 0.368. The van der Waals surface area contributed by atoms with Gasteiger partial charge in [-0.05, 0) is 41.8 Å². The molecular formula is C19H23N3O3. The largest absolute Gasteiger partial charge is 0.454 e. The zero-order valence-corrected chi connectivity index (χ0v) is 14.4. The highest BCUT2D eigenvalue weighted by molar-refractivity contribution is 5.76. The lowest BCUT2D eigenvalue weighted by atomic mass is 10.2. The van der Waals surface area contributed by atoms with Gasteiger partial charge in [0.15, 0.2) is 11.5 Å². The molecule has 25 heavy (non-hydrogen) atoms. The lowest BCUT2D eigenvalue weighted by Crippen LogP contribution is -2.31. The third kappa shape index (κ3) is 4.93. The number of amides is 1. The lowest BCUT2D eigenvalue weighted by Gasteiger charge is -2.17. The van der Waals surface area contributed by atoms with Crippen LogP contribution in [0.2, 0.25) is 0 Å². The minimum Gasteiger partial charge on any atom is -0.454 e. The number of carbonyl (C=O) groups excluding carboxylic acids is 1. The van der Waals surface area contributed by atoms with Crippen molar-refractivity contribution in [2.75, 3.05) is 26.9 Å². The minimum atomic E-state index is 0.146. The Morgan fingerprint density at radius 2 is 1.96 bits per heavy atom. The SMILES string of the molecule is CN(CCc1ccncc1)C(=O)CCNCc1ccc2c(c1)OCO2. The van der Waals surface area contributed by atoms with Crippen molar-refractivity contribution in [3.8, 4) is 11.5 Å². The predicted octanol–water partition coefficient (Wildman–Crippen LogP) is 1.99. The van der Waals surface area contributed by atoms with E-state index in [9.17, 15) is 4.79 Å². The lowest BCUT2D eigenvalue weighted by molar-refractivity contribution is -0.129. The summed E-state index contributed by atoms with van der Waals surface area (Å²) < 4.78 is 10.7. The van der Waals surface area contributed by atoms with Gasteiger partial charge < -0.3 is 19.7 Å². The van der Waals surface area contributed by atoms with Gasteiger partial charge in [-0.25, -0.2) is 0 Å². The Kier molecular flexibility index (Phi) is 5.85. The molecule has 3 rings (SSSR count). The molecule has 0 unspecified atom stereocenters. The van der Waals surface area contributed by atoms with E-state index in [1.54, 1.807) is 17.3 Å². The standard InChI is InChI=1S/C19H23N3O3/c1-22(11-7-15-4-8-20-9-5-15)19(23)6-10-21-13-16-2-3-17-18(12-16)25-14-24-17/h2-5,8-9,12,21H,6-7,10-11,13-14H2,1H3. The zero-order valence-electron chi connectivity index (χ0n) is 14.4. The van der Waals surface area contributed by atoms with Crippen molar-refractivity contribution < 1.29 is 14.3 Å². The number of benzene rings is 1. The van der Waals surface area contributed by atoms with Gasteiger partial charge in [0.1, 0.15) is 0 Å². The predicted molar refractivity (Wildman–Crippen MR) is 94.5 cm³/mol. The van der Waals surface area contributed by atoms with Gasteiger partial charge in [0.05, 0.1) is 0 Å². The molecule has 1 aliphatic rings. The van der Waals surface area contributed by atoms with Gasteiger partial charge in [-0.1, -0.05) is 6.07 Å². The first-order chi connectivity index (χ1) is 12.2. The van der Waals surface area contributed by atoms with E-state index in [4.69, 9.17) is 9.47 Å². The first-order valence-electron chi connectivity index (χ1n) is 8.44. The number of fused-ring (bicyclic) bond motifs is 1. The number of aromatic nitrogens is 1. The van der Waals surface area contributed by atoms with Gasteiger partial charge >= 0.3 is 0 Å². The van der Waals surface area contributed by atoms with Crippen molar-refractivity contribution in [3.63, 3.8) is 0 Å². The Bertz CT molecular complexity index is 706. The molecule has 132 valence electrons. The molecular weight excluding hydrogens is 318 g/mol. The zero-order chi connectivity index (χ0) is 17.5. The number of hydrogen-bond acceptors (Lipinski definition) is 5. The molecule has 0 bridgehead atoms. The second-order valence-corrected chi connectivity index (χ2v) is 6.04. The molecule has 2 aromatic rings. The summed E-state index contributed by atoms with van der Waals surface area (Å²) in [5, 5.41) is 3.30. The van der Waals surface area contributed by atoms with Crippen molar-refractivity contribution in [2.45, 2.75) is 19.4 Å². The fourth-order valence-electron chi connectivity index (χ4n) is 2.64. The second kappa shape index (κ2) is 8.48. The molecule has 1 aliphatic heterocycles. The van der Waals surface area contributed by atoms with Crippen LogP contribution in [0.25, 0.3) is 0 Å². The van der Waals surface area contributed by atoms with E-state index < -0.39 is 0 Å². The Balaban J connectivity index is 1.34. The van der Waals surface area contributed by atoms with E-state index in [2.05, 4.69) is 10.3 Å². The maximum atomic E-state index is 12.2. The fourth-order valence-corrected chi connectivity index (χ4v) is 2.64. The van der Waals surface area contributed by atoms with Gasteiger partial charge in [0, 0.05) is 45.5 Å². The van der Waals surface area contributed by atoms with E-state index in [1.165, 1.54) is 5.56 Å². The molecule has 6 heteroatoms. The molecule has 2 heterocycles. The summed E-state index contributed by atoms with van der Waals surface area (Å²) >= 11 is 0. The Morgan fingerprint density at radius 1 is 1.16 bits per heavy atom. The van der Waals surface area contributed by atoms with Gasteiger partial charge in [0.2, 0.25) is 12.7 Å². The summed E-state index contributed by atoms with van der Waals surface area (Å²) in [6.07, 6.45) is 4.88. The van der Waals surface area contributed by atoms with Crippen LogP contribution in [-0.2, 0) is 17.8 Å². The van der Waals surface area contributed by atoms with Gasteiger partial charge in [-0.15, -0.1) is 0 Å². The third-order valence-electron chi connectivity index (χ3n) is 4.19. The van der Waals surface area contributed by atoms with Crippen molar-refractivity contribution >= 4 is 5.91 Å². The van der Waals surface area contributed by atoms with Crippen molar-refractivity contribution in [3.05, 3.63) is 53.9 Å². The van der Waals surface area contributed by atoms with E-state index in [-0.39, 0.29) is 12.7 Å². The first-order valence-corrected chi connectivity index (χ1v) is 8.44. The van der Waals surface area contributed by atoms with E-state index in [0.29, 0.717) is 26.1 Å². The minimum absolute atomic E-state index is 0.146. The van der Waals surface area contributed by atoms with E-state index >= 15 is 0 Å². The van der Waals surface area contributed by atoms with Crippen molar-refractivity contribution in [1.82, 2.24) is 15.2 Å². The molecule has 1 aromatic heterocycles. The molecule has 1 N–H and O–H groups in total. The van der Waals surface area contributed by atoms with Crippen LogP contribution in [0.3, 0.4) is 0 Å². The monoisotopic (exact) mass is 341 g/mol. The van der Waals surface area contributed by atoms with E-state index in [1.807, 2.05) is 37.4 Å². The molecule has 0 saturated heterocycles. The third-order valence-corrected chi connectivity index (χ3v) is 4.19. The maximum absolute atomic E-state index is 12.2. The molecule has 1 amide bonds. The van der Waals surface area contributed by atoms with Crippen LogP contribution in [0, 0.1) is 0 Å². The van der Waals surface area contributed by atoms with Crippen LogP contribution in [0.1, 0.15) is 17.5 Å². The number of nitrogens with zero attached hydrogens (tertiary/aromatic N) is 2. The summed E-state index contributed by atoms with van der Waals surface area (Å²) in [4.78, 5) is 17.9. The molecule has 0 fully saturated rings. The number of hydrogen-bond donors (Lipinski definition) is 1. The highest BCUT2D eigenvalue weighted by Gasteiger charge is 2.13. The molecule has 0 spiro atoms. The van der Waals surface area contributed by atoms with Crippen LogP contribution < -0.4 is 14.8 Å². The molecule has 0 aliphatic carbocycles. The Labute approximate surface area is 147 Å². The maximum Gasteiger partial charge on any atom is 0.231 e. The molecule has 0 atom stereocenters. The number of likely N-dealkylation sites (N-methyl/N-ethyl adjacent to an activating group) is 1. The van der Waals surface area contributed by atoms with Crippen molar-refractivity contribution in [1.29, 1.82) is 0 Å². The van der Waals surface area contributed by atoms with Gasteiger partial charge in [-0.2, -0.15) is 0 Å². The van der Waals surface area contributed by atoms with Gasteiger partial charge in [-0.3, -0.25) is 9.78 Å². The second-order valence-electron chi connectivity index (χ2n) is 6.04. The number of rotatable bonds is 8. The van der Waals surface area contributed by atoms with Crippen LogP contribution in [0.4, 0.5) is 0 Å². The normalized spacial score (nSPS) is 12.2. The van der Waals surface area contributed by atoms with Crippen LogP contribution in [-0.4, -0.2) is 42.7 Å². The summed E-state index contributed by atoms with van der Waals surface area (Å²) in [6.45, 7) is 2.34. The van der Waals surface area contributed by atoms with E-state index in [0.717, 1.165) is 23.5 Å². The Hall–Kier alpha value is -2.60. The van der Waals surface area contributed by atoms with Crippen LogP contribution >= 0.6 is 0 Å². The van der Waals surface area contributed by atoms with Crippen LogP contribution in [0.5, 0.6) is 11.5 Å². The topological polar surface area (TPSA) is 63.7 Å². The number of nitrogens with one attached hydrogen (secondary N) is 1. The van der Waals surface area contributed by atoms with Crippen molar-refractivity contribution in [2.24, 2.45) is 0 Å². The smallest absolute Gasteiger partial charge is 0.231 e. The number of carbonyl (C=O) groups is 1. The molecule has 1 aromatic carbocycles. The Morgan fingerprint density at radius 3 is 2.80 bits per heavy atom. The summed E-state index contributed by atoms with van der Waals surface area (Å²) in [5.41, 5.74) is 2.30. The number of pyridine rings is 1. The van der Waals surface area contributed by atoms with Gasteiger partial charge in [0.25, 0.3) is 0 Å². The average molecular weight is 341 g/mol. The summed E-state index contributed by atoms with van der Waals surface area (Å²) in [7, 11) is 1.85. The molecule has 6 nitrogen and oxygen atoms in total. The number of ether oxygens (including phenoxy) is 2. The quantitative estimate of drug-likeness (QED) is 0.744. The van der Waals surface area contributed by atoms with Crippen LogP contribution in [0.15, 0.2) is 42.7 Å². The first kappa shape index (κ1) is 17.2. The average Bonchev–Trinajstić information content (AvgIpc) is 3.11. The molecule has 0 radical (unpaired) electrons. The summed E-state index contributed by atoms with van der Waals surface area (Å²) in [6, 6.07) is 9.84. The highest BCUT2D eigenvalue weighted by Crippen LogP contribution is 2.32.